The minimum Gasteiger partial charge on any atom is -0.258 e. The maximum Gasteiger partial charge on any atom is 0.269 e. The van der Waals surface area contributed by atoms with Gasteiger partial charge in [0.2, 0.25) is 4.80 Å². The number of nitrogens with zero attached hydrogens (tertiary/aromatic N) is 4. The third-order valence-electron chi connectivity index (χ3n) is 6.37. The largest absolute Gasteiger partial charge is 0.269 e. The second-order valence-corrected chi connectivity index (χ2v) is 9.51. The molecule has 176 valence electrons. The first kappa shape index (κ1) is 22.9. The Kier molecular flexibility index (Phi) is 6.95. The number of hydrogen-bond acceptors (Lipinski definition) is 5. The number of nitro groups is 1. The molecule has 1 aromatic heterocycles. The minimum atomic E-state index is -0.377. The van der Waals surface area contributed by atoms with Gasteiger partial charge in [-0.3, -0.25) is 15.1 Å². The van der Waals surface area contributed by atoms with Gasteiger partial charge in [-0.05, 0) is 54.9 Å². The van der Waals surface area contributed by atoms with Gasteiger partial charge in [0.1, 0.15) is 0 Å². The van der Waals surface area contributed by atoms with Gasteiger partial charge in [0.15, 0.2) is 0 Å². The number of benzene rings is 3. The molecule has 35 heavy (non-hydrogen) atoms. The fraction of sp³-hybridized carbons (Fsp3) is 0.214. The third-order valence-corrected chi connectivity index (χ3v) is 7.23. The van der Waals surface area contributed by atoms with Gasteiger partial charge in [-0.1, -0.05) is 60.7 Å². The molecule has 7 heteroatoms. The molecule has 0 N–H and O–H groups in total. The van der Waals surface area contributed by atoms with Crippen molar-refractivity contribution in [2.24, 2.45) is 10.1 Å². The van der Waals surface area contributed by atoms with Crippen molar-refractivity contribution in [1.82, 2.24) is 4.68 Å². The van der Waals surface area contributed by atoms with Crippen molar-refractivity contribution in [3.05, 3.63) is 116 Å². The lowest BCUT2D eigenvalue weighted by atomic mass is 9.83. The Morgan fingerprint density at radius 2 is 1.57 bits per heavy atom. The van der Waals surface area contributed by atoms with E-state index in [0.717, 1.165) is 47.3 Å². The molecule has 4 aromatic rings. The molecule has 0 aliphatic heterocycles. The van der Waals surface area contributed by atoms with Crippen LogP contribution >= 0.6 is 11.3 Å². The molecule has 1 heterocycles. The van der Waals surface area contributed by atoms with Crippen molar-refractivity contribution in [3.63, 3.8) is 0 Å². The quantitative estimate of drug-likeness (QED) is 0.224. The Balaban J connectivity index is 1.46. The molecule has 6 nitrogen and oxygen atoms in total. The lowest BCUT2D eigenvalue weighted by Crippen LogP contribution is -2.18. The Hall–Kier alpha value is -3.84. The highest BCUT2D eigenvalue weighted by Crippen LogP contribution is 2.32. The maximum absolute atomic E-state index is 11.1. The minimum absolute atomic E-state index is 0.0788. The smallest absolute Gasteiger partial charge is 0.258 e. The van der Waals surface area contributed by atoms with E-state index in [-0.39, 0.29) is 10.6 Å². The van der Waals surface area contributed by atoms with Crippen molar-refractivity contribution in [2.75, 3.05) is 0 Å². The molecule has 0 spiro atoms. The van der Waals surface area contributed by atoms with Crippen molar-refractivity contribution in [3.8, 4) is 11.3 Å². The Labute approximate surface area is 208 Å². The van der Waals surface area contributed by atoms with Crippen LogP contribution in [0.25, 0.3) is 11.3 Å². The van der Waals surface area contributed by atoms with E-state index >= 15 is 0 Å². The monoisotopic (exact) mass is 482 g/mol. The van der Waals surface area contributed by atoms with Gasteiger partial charge in [-0.25, -0.2) is 4.68 Å². The number of non-ortho nitro benzene ring substituents is 1. The number of thiazole rings is 1. The van der Waals surface area contributed by atoms with Crippen LogP contribution in [0.2, 0.25) is 0 Å². The van der Waals surface area contributed by atoms with Crippen LogP contribution in [0.1, 0.15) is 42.7 Å². The van der Waals surface area contributed by atoms with Crippen LogP contribution in [0.5, 0.6) is 0 Å². The summed E-state index contributed by atoms with van der Waals surface area (Å²) in [5.74, 6) is 0.569. The van der Waals surface area contributed by atoms with E-state index in [1.54, 1.807) is 23.5 Å². The second-order valence-electron chi connectivity index (χ2n) is 8.67. The molecule has 1 aliphatic rings. The summed E-state index contributed by atoms with van der Waals surface area (Å²) in [5.41, 5.74) is 5.57. The van der Waals surface area contributed by atoms with Crippen LogP contribution in [0.15, 0.2) is 100 Å². The number of aromatic nitrogens is 1. The van der Waals surface area contributed by atoms with E-state index in [0.29, 0.717) is 12.5 Å². The van der Waals surface area contributed by atoms with E-state index in [1.165, 1.54) is 23.4 Å². The molecular formula is C28H26N4O2S. The van der Waals surface area contributed by atoms with Gasteiger partial charge < -0.3 is 0 Å². The van der Waals surface area contributed by atoms with Gasteiger partial charge in [0.05, 0.1) is 17.2 Å². The highest BCUT2D eigenvalue weighted by molar-refractivity contribution is 7.07. The molecule has 0 atom stereocenters. The van der Waals surface area contributed by atoms with Gasteiger partial charge in [-0.15, -0.1) is 11.3 Å². The Bertz CT molecular complexity index is 1380. The van der Waals surface area contributed by atoms with Crippen LogP contribution in [-0.2, 0) is 6.54 Å². The van der Waals surface area contributed by atoms with Gasteiger partial charge >= 0.3 is 0 Å². The molecule has 0 unspecified atom stereocenters. The zero-order chi connectivity index (χ0) is 24.0. The molecular weight excluding hydrogens is 456 g/mol. The summed E-state index contributed by atoms with van der Waals surface area (Å²) >= 11 is 1.54. The summed E-state index contributed by atoms with van der Waals surface area (Å²) in [5, 5.41) is 18.2. The van der Waals surface area contributed by atoms with E-state index in [1.807, 2.05) is 28.3 Å². The molecule has 1 aliphatic carbocycles. The maximum atomic E-state index is 11.1. The van der Waals surface area contributed by atoms with Crippen molar-refractivity contribution in [2.45, 2.75) is 38.1 Å². The zero-order valence-corrected chi connectivity index (χ0v) is 20.1. The van der Waals surface area contributed by atoms with Crippen LogP contribution in [0.3, 0.4) is 0 Å². The second kappa shape index (κ2) is 10.6. The van der Waals surface area contributed by atoms with Crippen molar-refractivity contribution < 1.29 is 4.92 Å². The fourth-order valence-corrected chi connectivity index (χ4v) is 5.28. The van der Waals surface area contributed by atoms with Crippen LogP contribution in [-0.4, -0.2) is 15.3 Å². The van der Waals surface area contributed by atoms with Crippen molar-refractivity contribution >= 4 is 22.7 Å². The SMILES string of the molecule is O=[N+]([O-])c1ccc(-c2csc(=NCc3ccccc3)n2N=C2CCC(c3ccccc3)CC2)cc1. The standard InChI is InChI=1S/C28H26N4O2S/c33-32(34)26-17-13-24(14-18-26)27-20-35-28(29-19-21-7-3-1-4-8-21)31(27)30-25-15-11-23(12-16-25)22-9-5-2-6-10-22/h1-10,13-14,17-18,20,23H,11-12,15-16,19H2. The number of hydrogen-bond donors (Lipinski definition) is 0. The normalized spacial score (nSPS) is 16.3. The lowest BCUT2D eigenvalue weighted by molar-refractivity contribution is -0.384. The van der Waals surface area contributed by atoms with Crippen LogP contribution in [0, 0.1) is 10.1 Å². The summed E-state index contributed by atoms with van der Waals surface area (Å²) < 4.78 is 1.92. The predicted molar refractivity (Wildman–Crippen MR) is 141 cm³/mol. The van der Waals surface area contributed by atoms with E-state index < -0.39 is 0 Å². The van der Waals surface area contributed by atoms with Gasteiger partial charge in [0.25, 0.3) is 5.69 Å². The van der Waals surface area contributed by atoms with E-state index in [9.17, 15) is 10.1 Å². The third kappa shape index (κ3) is 5.46. The molecule has 1 saturated carbocycles. The molecule has 5 rings (SSSR count). The molecule has 1 fully saturated rings. The zero-order valence-electron chi connectivity index (χ0n) is 19.3. The Morgan fingerprint density at radius 3 is 2.23 bits per heavy atom. The summed E-state index contributed by atoms with van der Waals surface area (Å²) in [6, 6.07) is 27.5. The highest BCUT2D eigenvalue weighted by atomic mass is 32.1. The molecule has 3 aromatic carbocycles. The lowest BCUT2D eigenvalue weighted by Gasteiger charge is -2.23. The first-order chi connectivity index (χ1) is 17.2. The van der Waals surface area contributed by atoms with Crippen LogP contribution in [0.4, 0.5) is 5.69 Å². The topological polar surface area (TPSA) is 72.8 Å². The average Bonchev–Trinajstić information content (AvgIpc) is 3.31. The van der Waals surface area contributed by atoms with Gasteiger partial charge in [-0.2, -0.15) is 5.10 Å². The first-order valence-electron chi connectivity index (χ1n) is 11.8. The van der Waals surface area contributed by atoms with Crippen molar-refractivity contribution in [1.29, 1.82) is 0 Å². The van der Waals surface area contributed by atoms with E-state index in [4.69, 9.17) is 10.1 Å². The number of rotatable bonds is 6. The average molecular weight is 483 g/mol. The number of nitro benzene ring substituents is 1. The fourth-order valence-electron chi connectivity index (χ4n) is 4.45. The van der Waals surface area contributed by atoms with Crippen LogP contribution < -0.4 is 4.80 Å². The Morgan fingerprint density at radius 1 is 0.914 bits per heavy atom. The molecule has 0 amide bonds. The molecule has 0 bridgehead atoms. The summed E-state index contributed by atoms with van der Waals surface area (Å²) in [4.78, 5) is 16.4. The van der Waals surface area contributed by atoms with Gasteiger partial charge in [0, 0.05) is 28.8 Å². The predicted octanol–water partition coefficient (Wildman–Crippen LogP) is 6.79. The summed E-state index contributed by atoms with van der Waals surface area (Å²) in [6.45, 7) is 0.571. The highest BCUT2D eigenvalue weighted by Gasteiger charge is 2.20. The molecule has 0 radical (unpaired) electrons. The summed E-state index contributed by atoms with van der Waals surface area (Å²) in [6.07, 6.45) is 4.05. The summed E-state index contributed by atoms with van der Waals surface area (Å²) in [7, 11) is 0. The molecule has 0 saturated heterocycles. The first-order valence-corrected chi connectivity index (χ1v) is 12.7. The van der Waals surface area contributed by atoms with E-state index in [2.05, 4.69) is 42.5 Å².